The monoisotopic (exact) mass is 239 g/mol. The fourth-order valence-electron chi connectivity index (χ4n) is 1.63. The smallest absolute Gasteiger partial charge is 0.305 e. The number of rotatable bonds is 5. The van der Waals surface area contributed by atoms with Crippen LogP contribution in [-0.4, -0.2) is 13.1 Å². The zero-order valence-corrected chi connectivity index (χ0v) is 10.2. The van der Waals surface area contributed by atoms with Gasteiger partial charge in [-0.05, 0) is 37.0 Å². The third kappa shape index (κ3) is 4.15. The predicted octanol–water partition coefficient (Wildman–Crippen LogP) is 2.48. The summed E-state index contributed by atoms with van der Waals surface area (Å²) in [5.41, 5.74) is 7.45. The number of ether oxygens (including phenoxy) is 1. The van der Waals surface area contributed by atoms with Gasteiger partial charge in [0.1, 0.15) is 5.82 Å². The molecule has 1 unspecified atom stereocenters. The molecule has 0 aliphatic carbocycles. The molecule has 1 atom stereocenters. The first-order valence-electron chi connectivity index (χ1n) is 5.63. The van der Waals surface area contributed by atoms with E-state index in [0.717, 1.165) is 5.56 Å². The summed E-state index contributed by atoms with van der Waals surface area (Å²) in [6, 6.07) is 4.69. The van der Waals surface area contributed by atoms with Gasteiger partial charge in [0.25, 0.3) is 0 Å². The summed E-state index contributed by atoms with van der Waals surface area (Å²) < 4.78 is 17.6. The molecule has 94 valence electrons. The Balaban J connectivity index is 2.49. The first kappa shape index (κ1) is 13.6. The second-order valence-corrected chi connectivity index (χ2v) is 4.08. The number of nitrogens with two attached hydrogens (primary N) is 1. The molecule has 0 bridgehead atoms. The van der Waals surface area contributed by atoms with E-state index in [-0.39, 0.29) is 17.8 Å². The fourth-order valence-corrected chi connectivity index (χ4v) is 1.63. The van der Waals surface area contributed by atoms with Gasteiger partial charge in [-0.3, -0.25) is 4.79 Å². The standard InChI is InChI=1S/C13H18FNO2/c1-9-8-10(6-7-11(9)14)12(15)4-3-5-13(16)17-2/h6-8,12H,3-5,15H2,1-2H3. The summed E-state index contributed by atoms with van der Waals surface area (Å²) in [7, 11) is 1.37. The molecule has 0 heterocycles. The molecule has 0 aliphatic heterocycles. The second kappa shape index (κ2) is 6.35. The number of benzene rings is 1. The van der Waals surface area contributed by atoms with Gasteiger partial charge in [0, 0.05) is 12.5 Å². The number of aryl methyl sites for hydroxylation is 1. The number of methoxy groups -OCH3 is 1. The van der Waals surface area contributed by atoms with E-state index >= 15 is 0 Å². The SMILES string of the molecule is COC(=O)CCCC(N)c1ccc(F)c(C)c1. The van der Waals surface area contributed by atoms with Gasteiger partial charge in [0.05, 0.1) is 7.11 Å². The molecule has 0 spiro atoms. The number of carbonyl (C=O) groups excluding carboxylic acids is 1. The molecule has 2 N–H and O–H groups in total. The van der Waals surface area contributed by atoms with Gasteiger partial charge < -0.3 is 10.5 Å². The molecular weight excluding hydrogens is 221 g/mol. The molecule has 1 rings (SSSR count). The number of halogens is 1. The lowest BCUT2D eigenvalue weighted by Crippen LogP contribution is -2.11. The molecule has 4 heteroatoms. The Bertz CT molecular complexity index is 393. The number of carbonyl (C=O) groups is 1. The van der Waals surface area contributed by atoms with E-state index in [2.05, 4.69) is 4.74 Å². The van der Waals surface area contributed by atoms with E-state index in [1.54, 1.807) is 19.1 Å². The van der Waals surface area contributed by atoms with Gasteiger partial charge in [-0.25, -0.2) is 4.39 Å². The highest BCUT2D eigenvalue weighted by molar-refractivity contribution is 5.68. The van der Waals surface area contributed by atoms with Gasteiger partial charge in [-0.15, -0.1) is 0 Å². The molecule has 0 amide bonds. The highest BCUT2D eigenvalue weighted by Gasteiger charge is 2.09. The molecule has 0 aliphatic rings. The molecular formula is C13H18FNO2. The van der Waals surface area contributed by atoms with E-state index in [4.69, 9.17) is 5.73 Å². The Kier molecular flexibility index (Phi) is 5.10. The highest BCUT2D eigenvalue weighted by atomic mass is 19.1. The van der Waals surface area contributed by atoms with E-state index < -0.39 is 0 Å². The van der Waals surface area contributed by atoms with Gasteiger partial charge in [0.15, 0.2) is 0 Å². The van der Waals surface area contributed by atoms with Crippen molar-refractivity contribution in [2.45, 2.75) is 32.2 Å². The maximum Gasteiger partial charge on any atom is 0.305 e. The number of esters is 1. The lowest BCUT2D eigenvalue weighted by Gasteiger charge is -2.12. The highest BCUT2D eigenvalue weighted by Crippen LogP contribution is 2.19. The van der Waals surface area contributed by atoms with Crippen molar-refractivity contribution in [3.05, 3.63) is 35.1 Å². The molecule has 0 aromatic heterocycles. The Morgan fingerprint density at radius 1 is 1.53 bits per heavy atom. The second-order valence-electron chi connectivity index (χ2n) is 4.08. The molecule has 0 radical (unpaired) electrons. The van der Waals surface area contributed by atoms with Crippen LogP contribution in [0.2, 0.25) is 0 Å². The van der Waals surface area contributed by atoms with Crippen LogP contribution in [0.3, 0.4) is 0 Å². The van der Waals surface area contributed by atoms with Crippen molar-refractivity contribution in [1.29, 1.82) is 0 Å². The molecule has 0 saturated carbocycles. The minimum atomic E-state index is -0.229. The molecule has 3 nitrogen and oxygen atoms in total. The Labute approximate surface area is 101 Å². The van der Waals surface area contributed by atoms with Crippen LogP contribution >= 0.6 is 0 Å². The summed E-state index contributed by atoms with van der Waals surface area (Å²) in [6.45, 7) is 1.71. The van der Waals surface area contributed by atoms with Crippen molar-refractivity contribution in [2.24, 2.45) is 5.73 Å². The summed E-state index contributed by atoms with van der Waals surface area (Å²) in [4.78, 5) is 10.9. The van der Waals surface area contributed by atoms with Crippen LogP contribution in [-0.2, 0) is 9.53 Å². The minimum absolute atomic E-state index is 0.168. The maximum absolute atomic E-state index is 13.1. The van der Waals surface area contributed by atoms with Crippen LogP contribution in [0.25, 0.3) is 0 Å². The van der Waals surface area contributed by atoms with Crippen LogP contribution < -0.4 is 5.73 Å². The quantitative estimate of drug-likeness (QED) is 0.803. The van der Waals surface area contributed by atoms with Gasteiger partial charge in [-0.2, -0.15) is 0 Å². The van der Waals surface area contributed by atoms with Crippen LogP contribution in [0, 0.1) is 12.7 Å². The van der Waals surface area contributed by atoms with Gasteiger partial charge in [-0.1, -0.05) is 12.1 Å². The van der Waals surface area contributed by atoms with E-state index in [0.29, 0.717) is 24.8 Å². The van der Waals surface area contributed by atoms with Crippen molar-refractivity contribution >= 4 is 5.97 Å². The average Bonchev–Trinajstić information content (AvgIpc) is 2.32. The third-order valence-corrected chi connectivity index (χ3v) is 2.73. The fraction of sp³-hybridized carbons (Fsp3) is 0.462. The lowest BCUT2D eigenvalue weighted by atomic mass is 10.00. The summed E-state index contributed by atoms with van der Waals surface area (Å²) >= 11 is 0. The first-order valence-corrected chi connectivity index (χ1v) is 5.63. The third-order valence-electron chi connectivity index (χ3n) is 2.73. The summed E-state index contributed by atoms with van der Waals surface area (Å²) in [5.74, 6) is -0.456. The van der Waals surface area contributed by atoms with Crippen molar-refractivity contribution in [2.75, 3.05) is 7.11 Å². The lowest BCUT2D eigenvalue weighted by molar-refractivity contribution is -0.140. The zero-order chi connectivity index (χ0) is 12.8. The zero-order valence-electron chi connectivity index (χ0n) is 10.2. The molecule has 0 saturated heterocycles. The van der Waals surface area contributed by atoms with Crippen LogP contribution in [0.15, 0.2) is 18.2 Å². The summed E-state index contributed by atoms with van der Waals surface area (Å²) in [5, 5.41) is 0. The summed E-state index contributed by atoms with van der Waals surface area (Å²) in [6.07, 6.45) is 1.72. The van der Waals surface area contributed by atoms with E-state index in [1.807, 2.05) is 0 Å². The predicted molar refractivity (Wildman–Crippen MR) is 63.9 cm³/mol. The Morgan fingerprint density at radius 2 is 2.24 bits per heavy atom. The van der Waals surface area contributed by atoms with Crippen LogP contribution in [0.5, 0.6) is 0 Å². The van der Waals surface area contributed by atoms with Crippen molar-refractivity contribution in [1.82, 2.24) is 0 Å². The number of hydrogen-bond acceptors (Lipinski definition) is 3. The topological polar surface area (TPSA) is 52.3 Å². The Morgan fingerprint density at radius 3 is 2.82 bits per heavy atom. The average molecular weight is 239 g/mol. The number of hydrogen-bond donors (Lipinski definition) is 1. The molecule has 1 aromatic rings. The normalized spacial score (nSPS) is 12.2. The largest absolute Gasteiger partial charge is 0.469 e. The van der Waals surface area contributed by atoms with Crippen molar-refractivity contribution in [3.8, 4) is 0 Å². The van der Waals surface area contributed by atoms with Gasteiger partial charge in [0.2, 0.25) is 0 Å². The molecule has 1 aromatic carbocycles. The van der Waals surface area contributed by atoms with E-state index in [9.17, 15) is 9.18 Å². The van der Waals surface area contributed by atoms with Crippen LogP contribution in [0.1, 0.15) is 36.4 Å². The van der Waals surface area contributed by atoms with E-state index in [1.165, 1.54) is 13.2 Å². The Hall–Kier alpha value is -1.42. The maximum atomic E-state index is 13.1. The van der Waals surface area contributed by atoms with Gasteiger partial charge >= 0.3 is 5.97 Å². The van der Waals surface area contributed by atoms with Crippen molar-refractivity contribution < 1.29 is 13.9 Å². The first-order chi connectivity index (χ1) is 8.04. The van der Waals surface area contributed by atoms with Crippen molar-refractivity contribution in [3.63, 3.8) is 0 Å². The molecule has 17 heavy (non-hydrogen) atoms. The van der Waals surface area contributed by atoms with Crippen LogP contribution in [0.4, 0.5) is 4.39 Å². The molecule has 0 fully saturated rings. The minimum Gasteiger partial charge on any atom is -0.469 e.